The fourth-order valence-electron chi connectivity index (χ4n) is 2.93. The van der Waals surface area contributed by atoms with E-state index in [4.69, 9.17) is 22.1 Å². The van der Waals surface area contributed by atoms with Gasteiger partial charge in [-0.3, -0.25) is 4.79 Å². The van der Waals surface area contributed by atoms with Crippen LogP contribution in [-0.2, 0) is 0 Å². The SMILES string of the molecule is Nc1ccc(Oc2ccc(F)cc2F)c(-n2cc(Cl)c(=O)c3ccccc32)c1. The molecule has 2 N–H and O–H groups in total. The maximum absolute atomic E-state index is 14.1. The Hall–Kier alpha value is -3.38. The predicted molar refractivity (Wildman–Crippen MR) is 105 cm³/mol. The zero-order valence-electron chi connectivity index (χ0n) is 14.3. The maximum Gasteiger partial charge on any atom is 0.207 e. The van der Waals surface area contributed by atoms with Gasteiger partial charge in [0.15, 0.2) is 17.3 Å². The van der Waals surface area contributed by atoms with Gasteiger partial charge >= 0.3 is 0 Å². The van der Waals surface area contributed by atoms with E-state index in [0.29, 0.717) is 22.3 Å². The van der Waals surface area contributed by atoms with Crippen LogP contribution in [0.5, 0.6) is 11.5 Å². The molecule has 1 heterocycles. The molecule has 4 aromatic rings. The average Bonchev–Trinajstić information content (AvgIpc) is 2.68. The van der Waals surface area contributed by atoms with E-state index in [1.165, 1.54) is 12.3 Å². The van der Waals surface area contributed by atoms with E-state index in [1.807, 2.05) is 0 Å². The first-order valence-corrected chi connectivity index (χ1v) is 8.64. The monoisotopic (exact) mass is 398 g/mol. The number of halogens is 3. The van der Waals surface area contributed by atoms with Gasteiger partial charge in [-0.25, -0.2) is 8.78 Å². The zero-order chi connectivity index (χ0) is 19.8. The average molecular weight is 399 g/mol. The molecule has 3 aromatic carbocycles. The van der Waals surface area contributed by atoms with Crippen molar-refractivity contribution in [1.29, 1.82) is 0 Å². The molecule has 7 heteroatoms. The Bertz CT molecular complexity index is 1270. The highest BCUT2D eigenvalue weighted by Crippen LogP contribution is 2.33. The van der Waals surface area contributed by atoms with Gasteiger partial charge < -0.3 is 15.0 Å². The molecule has 0 amide bonds. The number of nitrogen functional groups attached to an aromatic ring is 1. The van der Waals surface area contributed by atoms with Crippen molar-refractivity contribution in [2.45, 2.75) is 0 Å². The van der Waals surface area contributed by atoms with Crippen LogP contribution in [0.3, 0.4) is 0 Å². The number of anilines is 1. The van der Waals surface area contributed by atoms with E-state index < -0.39 is 11.6 Å². The molecule has 0 aliphatic carbocycles. The number of ether oxygens (including phenoxy) is 1. The Balaban J connectivity index is 1.94. The van der Waals surface area contributed by atoms with Crippen LogP contribution < -0.4 is 15.9 Å². The van der Waals surface area contributed by atoms with Gasteiger partial charge in [-0.1, -0.05) is 23.7 Å². The fraction of sp³-hybridized carbons (Fsp3) is 0. The Labute approximate surface area is 163 Å². The molecule has 0 spiro atoms. The van der Waals surface area contributed by atoms with Crippen molar-refractivity contribution in [3.63, 3.8) is 0 Å². The highest BCUT2D eigenvalue weighted by molar-refractivity contribution is 6.31. The van der Waals surface area contributed by atoms with Gasteiger partial charge in [0.25, 0.3) is 0 Å². The van der Waals surface area contributed by atoms with Crippen LogP contribution in [0.2, 0.25) is 5.02 Å². The quantitative estimate of drug-likeness (QED) is 0.476. The van der Waals surface area contributed by atoms with Crippen molar-refractivity contribution in [2.75, 3.05) is 5.73 Å². The fourth-order valence-corrected chi connectivity index (χ4v) is 3.13. The lowest BCUT2D eigenvalue weighted by atomic mass is 10.2. The number of hydrogen-bond donors (Lipinski definition) is 1. The number of rotatable bonds is 3. The van der Waals surface area contributed by atoms with Gasteiger partial charge in [0.2, 0.25) is 5.43 Å². The van der Waals surface area contributed by atoms with Gasteiger partial charge in [-0.05, 0) is 42.5 Å². The minimum atomic E-state index is -0.842. The van der Waals surface area contributed by atoms with E-state index in [0.717, 1.165) is 12.1 Å². The molecule has 0 aliphatic heterocycles. The Morgan fingerprint density at radius 2 is 1.71 bits per heavy atom. The zero-order valence-corrected chi connectivity index (χ0v) is 15.1. The molecule has 4 rings (SSSR count). The second-order valence-electron chi connectivity index (χ2n) is 6.10. The van der Waals surface area contributed by atoms with Gasteiger partial charge in [-0.2, -0.15) is 0 Å². The summed E-state index contributed by atoms with van der Waals surface area (Å²) in [5.41, 5.74) is 7.08. The summed E-state index contributed by atoms with van der Waals surface area (Å²) in [4.78, 5) is 12.3. The number of fused-ring (bicyclic) bond motifs is 1. The van der Waals surface area contributed by atoms with Crippen molar-refractivity contribution in [2.24, 2.45) is 0 Å². The first-order chi connectivity index (χ1) is 13.4. The van der Waals surface area contributed by atoms with E-state index in [1.54, 1.807) is 47.0 Å². The lowest BCUT2D eigenvalue weighted by Gasteiger charge is -2.17. The number of benzene rings is 3. The summed E-state index contributed by atoms with van der Waals surface area (Å²) in [6.07, 6.45) is 1.45. The van der Waals surface area contributed by atoms with Crippen molar-refractivity contribution in [1.82, 2.24) is 4.57 Å². The van der Waals surface area contributed by atoms with E-state index in [9.17, 15) is 13.6 Å². The van der Waals surface area contributed by atoms with Crippen LogP contribution in [0, 0.1) is 11.6 Å². The van der Waals surface area contributed by atoms with E-state index in [-0.39, 0.29) is 22.0 Å². The minimum Gasteiger partial charge on any atom is -0.452 e. The lowest BCUT2D eigenvalue weighted by molar-refractivity contribution is 0.436. The summed E-state index contributed by atoms with van der Waals surface area (Å²) in [5.74, 6) is -1.44. The summed E-state index contributed by atoms with van der Waals surface area (Å²) < 4.78 is 34.6. The van der Waals surface area contributed by atoms with Crippen LogP contribution in [0.1, 0.15) is 0 Å². The molecule has 0 unspecified atom stereocenters. The molecule has 140 valence electrons. The molecule has 4 nitrogen and oxygen atoms in total. The van der Waals surface area contributed by atoms with Crippen LogP contribution in [0.15, 0.2) is 71.7 Å². The molecule has 0 aliphatic rings. The number of pyridine rings is 1. The number of nitrogens with zero attached hydrogens (tertiary/aromatic N) is 1. The van der Waals surface area contributed by atoms with Gasteiger partial charge in [0.1, 0.15) is 10.8 Å². The molecule has 0 saturated heterocycles. The molecule has 0 saturated carbocycles. The summed E-state index contributed by atoms with van der Waals surface area (Å²) >= 11 is 6.13. The standard InChI is InChI=1S/C21H13ClF2N2O2/c22-15-11-26(17-4-2-1-3-14(17)21(15)27)18-10-13(25)6-8-20(18)28-19-7-5-12(23)9-16(19)24/h1-11H,25H2. The van der Waals surface area contributed by atoms with Crippen LogP contribution in [0.25, 0.3) is 16.6 Å². The number of nitrogens with two attached hydrogens (primary N) is 1. The number of hydrogen-bond acceptors (Lipinski definition) is 3. The Morgan fingerprint density at radius 1 is 0.964 bits per heavy atom. The Kier molecular flexibility index (Phi) is 4.49. The second-order valence-corrected chi connectivity index (χ2v) is 6.50. The highest BCUT2D eigenvalue weighted by atomic mass is 35.5. The smallest absolute Gasteiger partial charge is 0.207 e. The Morgan fingerprint density at radius 3 is 2.50 bits per heavy atom. The van der Waals surface area contributed by atoms with Gasteiger partial charge in [0.05, 0.1) is 11.2 Å². The highest BCUT2D eigenvalue weighted by Gasteiger charge is 2.15. The van der Waals surface area contributed by atoms with Crippen molar-refractivity contribution < 1.29 is 13.5 Å². The third kappa shape index (κ3) is 3.18. The van der Waals surface area contributed by atoms with E-state index >= 15 is 0 Å². The third-order valence-electron chi connectivity index (χ3n) is 4.22. The molecular formula is C21H13ClF2N2O2. The second kappa shape index (κ2) is 6.98. The summed E-state index contributed by atoms with van der Waals surface area (Å²) in [6.45, 7) is 0. The molecule has 0 radical (unpaired) electrons. The predicted octanol–water partition coefficient (Wildman–Crippen LogP) is 5.30. The van der Waals surface area contributed by atoms with Crippen LogP contribution >= 0.6 is 11.6 Å². The normalized spacial score (nSPS) is 11.0. The van der Waals surface area contributed by atoms with Crippen LogP contribution in [-0.4, -0.2) is 4.57 Å². The van der Waals surface area contributed by atoms with Crippen molar-refractivity contribution in [3.8, 4) is 17.2 Å². The third-order valence-corrected chi connectivity index (χ3v) is 4.49. The number of aromatic nitrogens is 1. The summed E-state index contributed by atoms with van der Waals surface area (Å²) in [5, 5.41) is 0.427. The molecule has 1 aromatic heterocycles. The molecule has 28 heavy (non-hydrogen) atoms. The first kappa shape index (κ1) is 18.0. The maximum atomic E-state index is 14.1. The first-order valence-electron chi connectivity index (χ1n) is 8.27. The minimum absolute atomic E-state index is 0.0139. The summed E-state index contributed by atoms with van der Waals surface area (Å²) in [7, 11) is 0. The molecule has 0 fully saturated rings. The molecule has 0 bridgehead atoms. The van der Waals surface area contributed by atoms with Crippen molar-refractivity contribution in [3.05, 3.63) is 93.7 Å². The topological polar surface area (TPSA) is 57.2 Å². The summed E-state index contributed by atoms with van der Waals surface area (Å²) in [6, 6.07) is 14.7. The van der Waals surface area contributed by atoms with E-state index in [2.05, 4.69) is 0 Å². The van der Waals surface area contributed by atoms with Gasteiger partial charge in [0, 0.05) is 23.3 Å². The molecule has 0 atom stereocenters. The number of para-hydroxylation sites is 1. The van der Waals surface area contributed by atoms with Gasteiger partial charge in [-0.15, -0.1) is 0 Å². The largest absolute Gasteiger partial charge is 0.452 e. The van der Waals surface area contributed by atoms with Crippen molar-refractivity contribution >= 4 is 28.2 Å². The lowest BCUT2D eigenvalue weighted by Crippen LogP contribution is -2.09. The van der Waals surface area contributed by atoms with Crippen LogP contribution in [0.4, 0.5) is 14.5 Å². The molecular weight excluding hydrogens is 386 g/mol.